The van der Waals surface area contributed by atoms with E-state index in [0.717, 1.165) is 0 Å². The maximum atomic E-state index is 12.0. The molecule has 0 amide bonds. The van der Waals surface area contributed by atoms with Crippen LogP contribution in [-0.2, 0) is 10.0 Å². The minimum atomic E-state index is -3.46. The fourth-order valence-corrected chi connectivity index (χ4v) is 2.83. The number of hydrogen-bond donors (Lipinski definition) is 1. The first-order valence-electron chi connectivity index (χ1n) is 5.10. The van der Waals surface area contributed by atoms with Gasteiger partial charge < -0.3 is 4.57 Å². The lowest BCUT2D eigenvalue weighted by Gasteiger charge is -2.18. The standard InChI is InChI=1S/C11H13N3O2S/c1-12-17(15,16)11(14-8-7-13-9-14)10-5-3-2-4-6-10/h2-9,11-12H,1H3. The van der Waals surface area contributed by atoms with Crippen LogP contribution in [0, 0.1) is 0 Å². The predicted octanol–water partition coefficient (Wildman–Crippen LogP) is 0.979. The van der Waals surface area contributed by atoms with E-state index < -0.39 is 15.4 Å². The van der Waals surface area contributed by atoms with E-state index >= 15 is 0 Å². The maximum absolute atomic E-state index is 12.0. The molecule has 1 aromatic carbocycles. The first-order chi connectivity index (χ1) is 8.15. The molecular formula is C11H13N3O2S. The van der Waals surface area contributed by atoms with Crippen LogP contribution >= 0.6 is 0 Å². The number of benzene rings is 1. The van der Waals surface area contributed by atoms with E-state index in [1.54, 1.807) is 29.1 Å². The Morgan fingerprint density at radius 3 is 2.53 bits per heavy atom. The molecule has 90 valence electrons. The number of sulfonamides is 1. The molecule has 1 N–H and O–H groups in total. The van der Waals surface area contributed by atoms with Gasteiger partial charge in [-0.25, -0.2) is 18.1 Å². The highest BCUT2D eigenvalue weighted by atomic mass is 32.2. The summed E-state index contributed by atoms with van der Waals surface area (Å²) in [5.41, 5.74) is 0.694. The monoisotopic (exact) mass is 251 g/mol. The molecular weight excluding hydrogens is 238 g/mol. The lowest BCUT2D eigenvalue weighted by molar-refractivity contribution is 0.559. The Labute approximate surface area is 100 Å². The number of aromatic nitrogens is 2. The second kappa shape index (κ2) is 4.68. The first-order valence-corrected chi connectivity index (χ1v) is 6.64. The van der Waals surface area contributed by atoms with Crippen LogP contribution in [0.5, 0.6) is 0 Å². The Hall–Kier alpha value is -1.66. The molecule has 17 heavy (non-hydrogen) atoms. The van der Waals surface area contributed by atoms with Gasteiger partial charge in [-0.3, -0.25) is 0 Å². The largest absolute Gasteiger partial charge is 0.315 e. The highest BCUT2D eigenvalue weighted by molar-refractivity contribution is 7.89. The van der Waals surface area contributed by atoms with Crippen molar-refractivity contribution in [1.29, 1.82) is 0 Å². The summed E-state index contributed by atoms with van der Waals surface area (Å²) in [6.45, 7) is 0. The van der Waals surface area contributed by atoms with Gasteiger partial charge in [0.1, 0.15) is 0 Å². The minimum Gasteiger partial charge on any atom is -0.315 e. The number of hydrogen-bond acceptors (Lipinski definition) is 3. The summed E-state index contributed by atoms with van der Waals surface area (Å²) in [5.74, 6) is 0. The van der Waals surface area contributed by atoms with Gasteiger partial charge in [-0.05, 0) is 12.6 Å². The molecule has 0 fully saturated rings. The highest BCUT2D eigenvalue weighted by Gasteiger charge is 2.26. The van der Waals surface area contributed by atoms with Crippen LogP contribution < -0.4 is 4.72 Å². The van der Waals surface area contributed by atoms with Crippen LogP contribution in [0.2, 0.25) is 0 Å². The smallest absolute Gasteiger partial charge is 0.237 e. The summed E-state index contributed by atoms with van der Waals surface area (Å²) in [7, 11) is -2.06. The van der Waals surface area contributed by atoms with Gasteiger partial charge in [-0.1, -0.05) is 30.3 Å². The van der Waals surface area contributed by atoms with Gasteiger partial charge in [0.25, 0.3) is 0 Å². The van der Waals surface area contributed by atoms with Crippen molar-refractivity contribution in [1.82, 2.24) is 14.3 Å². The zero-order valence-corrected chi connectivity index (χ0v) is 10.1. The van der Waals surface area contributed by atoms with Gasteiger partial charge in [0.05, 0.1) is 6.33 Å². The van der Waals surface area contributed by atoms with Crippen molar-refractivity contribution in [3.05, 3.63) is 54.6 Å². The molecule has 0 bridgehead atoms. The molecule has 1 aromatic heterocycles. The van der Waals surface area contributed by atoms with Gasteiger partial charge in [0.15, 0.2) is 5.37 Å². The summed E-state index contributed by atoms with van der Waals surface area (Å²) in [5, 5.41) is -0.795. The van der Waals surface area contributed by atoms with Crippen molar-refractivity contribution >= 4 is 10.0 Å². The molecule has 0 aliphatic carbocycles. The molecule has 1 unspecified atom stereocenters. The Bertz CT molecular complexity index is 564. The van der Waals surface area contributed by atoms with Gasteiger partial charge in [0.2, 0.25) is 10.0 Å². The van der Waals surface area contributed by atoms with Gasteiger partial charge >= 0.3 is 0 Å². The first kappa shape index (κ1) is 11.8. The van der Waals surface area contributed by atoms with Crippen molar-refractivity contribution in [3.63, 3.8) is 0 Å². The highest BCUT2D eigenvalue weighted by Crippen LogP contribution is 2.22. The topological polar surface area (TPSA) is 64.0 Å². The zero-order valence-electron chi connectivity index (χ0n) is 9.32. The minimum absolute atomic E-state index is 0.694. The van der Waals surface area contributed by atoms with E-state index in [1.807, 2.05) is 18.2 Å². The van der Waals surface area contributed by atoms with Crippen LogP contribution in [-0.4, -0.2) is 25.0 Å². The fraction of sp³-hybridized carbons (Fsp3) is 0.182. The van der Waals surface area contributed by atoms with E-state index in [4.69, 9.17) is 0 Å². The third-order valence-corrected chi connectivity index (χ3v) is 4.13. The average Bonchev–Trinajstić information content (AvgIpc) is 2.84. The maximum Gasteiger partial charge on any atom is 0.237 e. The van der Waals surface area contributed by atoms with Crippen molar-refractivity contribution in [2.24, 2.45) is 0 Å². The van der Waals surface area contributed by atoms with Crippen LogP contribution in [0.25, 0.3) is 0 Å². The SMILES string of the molecule is CNS(=O)(=O)C(c1ccccc1)n1ccnc1. The Morgan fingerprint density at radius 2 is 2.00 bits per heavy atom. The number of imidazole rings is 1. The average molecular weight is 251 g/mol. The molecule has 0 saturated carbocycles. The number of rotatable bonds is 4. The summed E-state index contributed by atoms with van der Waals surface area (Å²) in [6.07, 6.45) is 4.68. The van der Waals surface area contributed by atoms with Crippen LogP contribution in [0.3, 0.4) is 0 Å². The molecule has 0 aliphatic rings. The lowest BCUT2D eigenvalue weighted by atomic mass is 10.2. The Morgan fingerprint density at radius 1 is 1.29 bits per heavy atom. The summed E-state index contributed by atoms with van der Waals surface area (Å²) >= 11 is 0. The number of nitrogens with one attached hydrogen (secondary N) is 1. The van der Waals surface area contributed by atoms with E-state index in [9.17, 15) is 8.42 Å². The molecule has 2 rings (SSSR count). The summed E-state index contributed by atoms with van der Waals surface area (Å²) in [4.78, 5) is 3.89. The quantitative estimate of drug-likeness (QED) is 0.881. The molecule has 1 atom stereocenters. The van der Waals surface area contributed by atoms with Gasteiger partial charge in [0, 0.05) is 12.4 Å². The molecule has 6 heteroatoms. The van der Waals surface area contributed by atoms with Gasteiger partial charge in [-0.15, -0.1) is 0 Å². The van der Waals surface area contributed by atoms with Crippen LogP contribution in [0.15, 0.2) is 49.1 Å². The third kappa shape index (κ3) is 2.37. The molecule has 0 radical (unpaired) electrons. The predicted molar refractivity (Wildman–Crippen MR) is 64.8 cm³/mol. The van der Waals surface area contributed by atoms with E-state index in [2.05, 4.69) is 9.71 Å². The Balaban J connectivity index is 2.54. The number of nitrogens with zero attached hydrogens (tertiary/aromatic N) is 2. The van der Waals surface area contributed by atoms with E-state index in [-0.39, 0.29) is 0 Å². The summed E-state index contributed by atoms with van der Waals surface area (Å²) in [6, 6.07) is 9.02. The van der Waals surface area contributed by atoms with Crippen molar-refractivity contribution in [2.45, 2.75) is 5.37 Å². The summed E-state index contributed by atoms with van der Waals surface area (Å²) < 4.78 is 28.0. The molecule has 1 heterocycles. The van der Waals surface area contributed by atoms with Crippen LogP contribution in [0.4, 0.5) is 0 Å². The Kier molecular flexibility index (Phi) is 3.26. The normalized spacial score (nSPS) is 13.5. The van der Waals surface area contributed by atoms with Gasteiger partial charge in [-0.2, -0.15) is 0 Å². The van der Waals surface area contributed by atoms with Crippen molar-refractivity contribution in [3.8, 4) is 0 Å². The van der Waals surface area contributed by atoms with Crippen molar-refractivity contribution in [2.75, 3.05) is 7.05 Å². The molecule has 0 saturated heterocycles. The second-order valence-electron chi connectivity index (χ2n) is 3.52. The fourth-order valence-electron chi connectivity index (χ4n) is 1.65. The molecule has 2 aromatic rings. The van der Waals surface area contributed by atoms with E-state index in [1.165, 1.54) is 13.4 Å². The van der Waals surface area contributed by atoms with Crippen LogP contribution in [0.1, 0.15) is 10.9 Å². The zero-order chi connectivity index (χ0) is 12.3. The third-order valence-electron chi connectivity index (χ3n) is 2.46. The molecule has 0 spiro atoms. The lowest BCUT2D eigenvalue weighted by Crippen LogP contribution is -2.30. The molecule has 5 nitrogen and oxygen atoms in total. The van der Waals surface area contributed by atoms with Crippen molar-refractivity contribution < 1.29 is 8.42 Å². The second-order valence-corrected chi connectivity index (χ2v) is 5.47. The molecule has 0 aliphatic heterocycles. The van der Waals surface area contributed by atoms with E-state index in [0.29, 0.717) is 5.56 Å².